The molecule has 0 amide bonds. The van der Waals surface area contributed by atoms with Crippen LogP contribution in [-0.2, 0) is 0 Å². The Bertz CT molecular complexity index is 155. The third kappa shape index (κ3) is 7.67. The van der Waals surface area contributed by atoms with E-state index >= 15 is 0 Å². The molecule has 0 aliphatic heterocycles. The van der Waals surface area contributed by atoms with Crippen LogP contribution in [0.2, 0.25) is 0 Å². The molecule has 0 rings (SSSR count). The molecule has 3 heteroatoms. The molecule has 10 heavy (non-hydrogen) atoms. The minimum absolute atomic E-state index is 0.788. The van der Waals surface area contributed by atoms with E-state index in [1.54, 1.807) is 40.0 Å². The van der Waals surface area contributed by atoms with Crippen LogP contribution in [0.25, 0.3) is 0 Å². The zero-order valence-corrected chi connectivity index (χ0v) is 7.41. The maximum Gasteiger partial charge on any atom is 0.0946 e. The van der Waals surface area contributed by atoms with E-state index < -0.39 is 0 Å². The van der Waals surface area contributed by atoms with Crippen molar-refractivity contribution >= 4 is 27.8 Å². The zero-order valence-electron chi connectivity index (χ0n) is 5.78. The van der Waals surface area contributed by atoms with Crippen LogP contribution >= 0.6 is 21.6 Å². The fraction of sp³-hybridized carbons (Fsp3) is 0.286. The van der Waals surface area contributed by atoms with Crippen LogP contribution in [0.15, 0.2) is 17.1 Å². The summed E-state index contributed by atoms with van der Waals surface area (Å²) >= 11 is 0. The molecule has 0 aromatic rings. The fourth-order valence-electron chi connectivity index (χ4n) is 0.286. The minimum atomic E-state index is 0.788. The molecular weight excluding hydrogens is 162 g/mol. The number of rotatable bonds is 4. The van der Waals surface area contributed by atoms with Gasteiger partial charge in [0, 0.05) is 6.21 Å². The first-order valence-corrected chi connectivity index (χ1v) is 5.41. The van der Waals surface area contributed by atoms with Crippen molar-refractivity contribution in [2.75, 3.05) is 12.1 Å². The summed E-state index contributed by atoms with van der Waals surface area (Å²) < 4.78 is 0. The quantitative estimate of drug-likeness (QED) is 0.278. The molecule has 0 fully saturated rings. The monoisotopic (exact) mass is 171 g/mol. The fourth-order valence-corrected chi connectivity index (χ4v) is 1.04. The van der Waals surface area contributed by atoms with Gasteiger partial charge in [0.1, 0.15) is 0 Å². The van der Waals surface area contributed by atoms with Crippen molar-refractivity contribution in [3.8, 4) is 12.3 Å². The molecule has 0 aliphatic rings. The van der Waals surface area contributed by atoms with Crippen LogP contribution in [-0.4, -0.2) is 18.3 Å². The van der Waals surface area contributed by atoms with Gasteiger partial charge in [0.25, 0.3) is 0 Å². The van der Waals surface area contributed by atoms with Gasteiger partial charge < -0.3 is 0 Å². The lowest BCUT2D eigenvalue weighted by atomic mass is 10.5. The van der Waals surface area contributed by atoms with Gasteiger partial charge in [-0.3, -0.25) is 4.99 Å². The molecule has 0 atom stereocenters. The first kappa shape index (κ1) is 9.67. The minimum Gasteiger partial charge on any atom is -0.281 e. The highest BCUT2D eigenvalue weighted by Crippen LogP contribution is 2.15. The molecule has 0 saturated heterocycles. The number of terminal acetylenes is 1. The van der Waals surface area contributed by atoms with E-state index in [-0.39, 0.29) is 0 Å². The van der Waals surface area contributed by atoms with Gasteiger partial charge in [-0.1, -0.05) is 27.5 Å². The molecule has 0 radical (unpaired) electrons. The van der Waals surface area contributed by atoms with Crippen LogP contribution < -0.4 is 0 Å². The van der Waals surface area contributed by atoms with Crippen molar-refractivity contribution < 1.29 is 0 Å². The van der Waals surface area contributed by atoms with Crippen LogP contribution in [0.5, 0.6) is 0 Å². The topological polar surface area (TPSA) is 12.4 Å². The Morgan fingerprint density at radius 2 is 2.50 bits per heavy atom. The highest BCUT2D eigenvalue weighted by Gasteiger charge is 1.74. The SMILES string of the molecule is C#C/C=C\C=N/CSSC. The smallest absolute Gasteiger partial charge is 0.0946 e. The second-order valence-corrected chi connectivity index (χ2v) is 3.81. The molecule has 0 saturated carbocycles. The zero-order chi connectivity index (χ0) is 7.66. The average Bonchev–Trinajstić information content (AvgIpc) is 1.97. The molecular formula is C7H9NS2. The van der Waals surface area contributed by atoms with Crippen molar-refractivity contribution in [3.63, 3.8) is 0 Å². The normalized spacial score (nSPS) is 10.8. The maximum absolute atomic E-state index is 4.96. The van der Waals surface area contributed by atoms with E-state index in [2.05, 4.69) is 10.9 Å². The Morgan fingerprint density at radius 1 is 1.70 bits per heavy atom. The van der Waals surface area contributed by atoms with Gasteiger partial charge in [0.2, 0.25) is 0 Å². The highest BCUT2D eigenvalue weighted by molar-refractivity contribution is 8.76. The number of allylic oxidation sites excluding steroid dienone is 2. The maximum atomic E-state index is 4.96. The van der Waals surface area contributed by atoms with E-state index in [4.69, 9.17) is 6.42 Å². The molecule has 0 unspecified atom stereocenters. The Labute approximate surface area is 69.8 Å². The van der Waals surface area contributed by atoms with Crippen molar-refractivity contribution in [1.29, 1.82) is 0 Å². The highest BCUT2D eigenvalue weighted by atomic mass is 33.1. The van der Waals surface area contributed by atoms with E-state index in [1.165, 1.54) is 0 Å². The lowest BCUT2D eigenvalue weighted by Gasteiger charge is -1.85. The van der Waals surface area contributed by atoms with Gasteiger partial charge in [0.15, 0.2) is 0 Å². The van der Waals surface area contributed by atoms with E-state index in [9.17, 15) is 0 Å². The predicted octanol–water partition coefficient (Wildman–Crippen LogP) is 2.22. The molecule has 0 aromatic heterocycles. The van der Waals surface area contributed by atoms with E-state index in [0.717, 1.165) is 5.88 Å². The first-order chi connectivity index (χ1) is 4.91. The Kier molecular flexibility index (Phi) is 8.38. The van der Waals surface area contributed by atoms with Gasteiger partial charge in [-0.15, -0.1) is 6.42 Å². The van der Waals surface area contributed by atoms with Crippen LogP contribution in [0.1, 0.15) is 0 Å². The third-order valence-electron chi connectivity index (χ3n) is 0.629. The molecule has 1 nitrogen and oxygen atoms in total. The van der Waals surface area contributed by atoms with Gasteiger partial charge >= 0.3 is 0 Å². The van der Waals surface area contributed by atoms with Crippen LogP contribution in [0.4, 0.5) is 0 Å². The van der Waals surface area contributed by atoms with Crippen LogP contribution in [0.3, 0.4) is 0 Å². The molecule has 0 aromatic carbocycles. The molecule has 0 spiro atoms. The summed E-state index contributed by atoms with van der Waals surface area (Å²) in [4.78, 5) is 4.03. The standard InChI is InChI=1S/C7H9NS2/c1-3-4-5-6-8-7-10-9-2/h1,4-6H,7H2,2H3/b5-4-,8-6-. The average molecular weight is 171 g/mol. The Hall–Kier alpha value is -0.330. The van der Waals surface area contributed by atoms with Crippen LogP contribution in [0, 0.1) is 12.3 Å². The third-order valence-corrected chi connectivity index (χ3v) is 2.14. The Morgan fingerprint density at radius 3 is 3.10 bits per heavy atom. The number of hydrogen-bond acceptors (Lipinski definition) is 3. The summed E-state index contributed by atoms with van der Waals surface area (Å²) in [5.41, 5.74) is 0. The summed E-state index contributed by atoms with van der Waals surface area (Å²) in [6.45, 7) is 0. The first-order valence-electron chi connectivity index (χ1n) is 2.68. The van der Waals surface area contributed by atoms with Crippen molar-refractivity contribution in [1.82, 2.24) is 0 Å². The summed E-state index contributed by atoms with van der Waals surface area (Å²) in [6, 6.07) is 0. The lowest BCUT2D eigenvalue weighted by molar-refractivity contribution is 1.41. The molecule has 0 aliphatic carbocycles. The largest absolute Gasteiger partial charge is 0.281 e. The molecule has 0 N–H and O–H groups in total. The second-order valence-electron chi connectivity index (χ2n) is 1.27. The molecule has 0 bridgehead atoms. The summed E-state index contributed by atoms with van der Waals surface area (Å²) in [7, 11) is 3.40. The van der Waals surface area contributed by atoms with E-state index in [1.807, 2.05) is 6.26 Å². The van der Waals surface area contributed by atoms with Gasteiger partial charge in [0.05, 0.1) is 5.88 Å². The van der Waals surface area contributed by atoms with Crippen molar-refractivity contribution in [3.05, 3.63) is 12.2 Å². The summed E-state index contributed by atoms with van der Waals surface area (Å²) in [5, 5.41) is 0. The van der Waals surface area contributed by atoms with Crippen molar-refractivity contribution in [2.45, 2.75) is 0 Å². The summed E-state index contributed by atoms with van der Waals surface area (Å²) in [6.07, 6.45) is 12.1. The van der Waals surface area contributed by atoms with E-state index in [0.29, 0.717) is 0 Å². The van der Waals surface area contributed by atoms with Gasteiger partial charge in [-0.05, 0) is 18.4 Å². The Balaban J connectivity index is 3.22. The number of nitrogens with zero attached hydrogens (tertiary/aromatic N) is 1. The lowest BCUT2D eigenvalue weighted by Crippen LogP contribution is -1.67. The van der Waals surface area contributed by atoms with Gasteiger partial charge in [-0.2, -0.15) is 0 Å². The second kappa shape index (κ2) is 8.67. The molecule has 0 heterocycles. The van der Waals surface area contributed by atoms with Gasteiger partial charge in [-0.25, -0.2) is 0 Å². The molecule has 54 valence electrons. The predicted molar refractivity (Wildman–Crippen MR) is 52.4 cm³/mol. The number of aliphatic imine (C=N–C) groups is 1. The van der Waals surface area contributed by atoms with Crippen molar-refractivity contribution in [2.24, 2.45) is 4.99 Å². The number of hydrogen-bond donors (Lipinski definition) is 0. The summed E-state index contributed by atoms with van der Waals surface area (Å²) in [5.74, 6) is 3.16.